The average Bonchev–Trinajstić information content (AvgIpc) is 2.64. The number of carboxylic acid groups (broad SMARTS) is 1. The van der Waals surface area contributed by atoms with Gasteiger partial charge in [-0.15, -0.1) is 5.10 Å². The predicted molar refractivity (Wildman–Crippen MR) is 52.9 cm³/mol. The summed E-state index contributed by atoms with van der Waals surface area (Å²) < 4.78 is 1.50. The Morgan fingerprint density at radius 2 is 2.25 bits per heavy atom. The molecule has 1 aromatic heterocycles. The maximum absolute atomic E-state index is 11.3. The van der Waals surface area contributed by atoms with Gasteiger partial charge in [0.05, 0.1) is 12.2 Å². The Bertz CT molecular complexity index is 422. The fraction of sp³-hybridized carbons (Fsp3) is 0.556. The van der Waals surface area contributed by atoms with Gasteiger partial charge in [0.25, 0.3) is 0 Å². The lowest BCUT2D eigenvalue weighted by molar-refractivity contribution is -0.136. The fourth-order valence-corrected chi connectivity index (χ4v) is 1.60. The van der Waals surface area contributed by atoms with Crippen LogP contribution in [0.4, 0.5) is 0 Å². The molecule has 1 N–H and O–H groups in total. The van der Waals surface area contributed by atoms with Crippen molar-refractivity contribution < 1.29 is 14.7 Å². The number of aromatic nitrogens is 3. The van der Waals surface area contributed by atoms with E-state index in [9.17, 15) is 9.59 Å². The Morgan fingerprint density at radius 3 is 2.75 bits per heavy atom. The molecule has 2 rings (SSSR count). The number of hydrogen-bond donors (Lipinski definition) is 1. The monoisotopic (exact) mass is 224 g/mol. The molecule has 1 amide bonds. The Balaban J connectivity index is 1.96. The second-order valence-corrected chi connectivity index (χ2v) is 3.70. The summed E-state index contributed by atoms with van der Waals surface area (Å²) in [7, 11) is 0. The number of carbonyl (C=O) groups excluding carboxylic acids is 1. The molecule has 16 heavy (non-hydrogen) atoms. The second-order valence-electron chi connectivity index (χ2n) is 3.70. The largest absolute Gasteiger partial charge is 0.476 e. The van der Waals surface area contributed by atoms with Crippen LogP contribution in [0.25, 0.3) is 0 Å². The molecule has 0 spiro atoms. The van der Waals surface area contributed by atoms with Crippen LogP contribution in [-0.4, -0.2) is 50.0 Å². The van der Waals surface area contributed by atoms with Crippen molar-refractivity contribution in [1.29, 1.82) is 0 Å². The van der Waals surface area contributed by atoms with Gasteiger partial charge in [0, 0.05) is 19.5 Å². The van der Waals surface area contributed by atoms with Crippen molar-refractivity contribution in [1.82, 2.24) is 19.9 Å². The average molecular weight is 224 g/mol. The van der Waals surface area contributed by atoms with Crippen molar-refractivity contribution in [2.24, 2.45) is 0 Å². The van der Waals surface area contributed by atoms with Gasteiger partial charge in [-0.2, -0.15) is 0 Å². The third kappa shape index (κ3) is 1.75. The third-order valence-corrected chi connectivity index (χ3v) is 2.62. The van der Waals surface area contributed by atoms with E-state index in [0.29, 0.717) is 19.5 Å². The van der Waals surface area contributed by atoms with E-state index >= 15 is 0 Å². The highest BCUT2D eigenvalue weighted by atomic mass is 16.4. The van der Waals surface area contributed by atoms with Gasteiger partial charge in [-0.05, 0) is 0 Å². The molecule has 0 atom stereocenters. The molecule has 1 aromatic rings. The lowest BCUT2D eigenvalue weighted by Gasteiger charge is -2.38. The van der Waals surface area contributed by atoms with Gasteiger partial charge in [0.1, 0.15) is 0 Å². The number of amides is 1. The first-order valence-corrected chi connectivity index (χ1v) is 5.04. The highest BCUT2D eigenvalue weighted by molar-refractivity contribution is 5.84. The molecule has 1 aliphatic rings. The van der Waals surface area contributed by atoms with E-state index in [1.807, 2.05) is 6.92 Å². The number of hydrogen-bond acceptors (Lipinski definition) is 4. The fourth-order valence-electron chi connectivity index (χ4n) is 1.60. The van der Waals surface area contributed by atoms with Crippen LogP contribution < -0.4 is 0 Å². The van der Waals surface area contributed by atoms with Crippen LogP contribution in [0.1, 0.15) is 29.9 Å². The molecule has 7 heteroatoms. The van der Waals surface area contributed by atoms with Crippen LogP contribution in [0.2, 0.25) is 0 Å². The molecule has 0 saturated carbocycles. The van der Waals surface area contributed by atoms with E-state index < -0.39 is 5.97 Å². The Morgan fingerprint density at radius 1 is 1.56 bits per heavy atom. The van der Waals surface area contributed by atoms with Crippen molar-refractivity contribution in [2.45, 2.75) is 19.4 Å². The topological polar surface area (TPSA) is 88.3 Å². The van der Waals surface area contributed by atoms with Crippen molar-refractivity contribution >= 4 is 11.9 Å². The number of carbonyl (C=O) groups is 2. The van der Waals surface area contributed by atoms with E-state index in [1.165, 1.54) is 10.9 Å². The van der Waals surface area contributed by atoms with Crippen molar-refractivity contribution in [2.75, 3.05) is 13.1 Å². The quantitative estimate of drug-likeness (QED) is 0.766. The molecule has 7 nitrogen and oxygen atoms in total. The van der Waals surface area contributed by atoms with E-state index in [2.05, 4.69) is 10.3 Å². The number of likely N-dealkylation sites (tertiary alicyclic amines) is 1. The summed E-state index contributed by atoms with van der Waals surface area (Å²) in [5.41, 5.74) is -0.0692. The first-order valence-electron chi connectivity index (χ1n) is 5.04. The smallest absolute Gasteiger partial charge is 0.358 e. The molecule has 0 aliphatic carbocycles. The summed E-state index contributed by atoms with van der Waals surface area (Å²) in [5, 5.41) is 15.9. The standard InChI is InChI=1S/C9H12N4O3/c1-2-8(14)12-3-6(4-12)13-5-7(9(15)16)10-11-13/h5-6H,2-4H2,1H3,(H,15,16). The minimum absolute atomic E-state index is 0.0519. The van der Waals surface area contributed by atoms with E-state index in [4.69, 9.17) is 5.11 Å². The molecule has 86 valence electrons. The Kier molecular flexibility index (Phi) is 2.59. The molecule has 0 aromatic carbocycles. The van der Waals surface area contributed by atoms with Crippen molar-refractivity contribution in [3.63, 3.8) is 0 Å². The van der Waals surface area contributed by atoms with Crippen LogP contribution in [0.3, 0.4) is 0 Å². The maximum atomic E-state index is 11.3. The van der Waals surface area contributed by atoms with Crippen LogP contribution in [0.5, 0.6) is 0 Å². The first-order chi connectivity index (χ1) is 7.61. The lowest BCUT2D eigenvalue weighted by Crippen LogP contribution is -2.50. The molecule has 1 aliphatic heterocycles. The summed E-state index contributed by atoms with van der Waals surface area (Å²) in [6.07, 6.45) is 1.88. The number of aromatic carboxylic acids is 1. The number of nitrogens with zero attached hydrogens (tertiary/aromatic N) is 4. The van der Waals surface area contributed by atoms with Gasteiger partial charge in [-0.3, -0.25) is 4.79 Å². The summed E-state index contributed by atoms with van der Waals surface area (Å²) >= 11 is 0. The summed E-state index contributed by atoms with van der Waals surface area (Å²) in [4.78, 5) is 23.6. The number of rotatable bonds is 3. The van der Waals surface area contributed by atoms with Gasteiger partial charge in [-0.25, -0.2) is 9.48 Å². The molecular weight excluding hydrogens is 212 g/mol. The maximum Gasteiger partial charge on any atom is 0.358 e. The highest BCUT2D eigenvalue weighted by Gasteiger charge is 2.32. The van der Waals surface area contributed by atoms with Crippen LogP contribution in [-0.2, 0) is 4.79 Å². The zero-order valence-electron chi connectivity index (χ0n) is 8.83. The van der Waals surface area contributed by atoms with Crippen LogP contribution in [0.15, 0.2) is 6.20 Å². The summed E-state index contributed by atoms with van der Waals surface area (Å²) in [6.45, 7) is 2.97. The molecule has 2 heterocycles. The summed E-state index contributed by atoms with van der Waals surface area (Å²) in [5.74, 6) is -0.984. The Hall–Kier alpha value is -1.92. The molecule has 1 saturated heterocycles. The molecule has 1 fully saturated rings. The summed E-state index contributed by atoms with van der Waals surface area (Å²) in [6, 6.07) is 0.0519. The predicted octanol–water partition coefficient (Wildman–Crippen LogP) is -0.230. The van der Waals surface area contributed by atoms with E-state index in [-0.39, 0.29) is 17.6 Å². The van der Waals surface area contributed by atoms with Crippen LogP contribution in [0, 0.1) is 0 Å². The normalized spacial score (nSPS) is 15.9. The SMILES string of the molecule is CCC(=O)N1CC(n2cc(C(=O)O)nn2)C1. The van der Waals surface area contributed by atoms with E-state index in [0.717, 1.165) is 0 Å². The van der Waals surface area contributed by atoms with Gasteiger partial charge < -0.3 is 10.0 Å². The molecular formula is C9H12N4O3. The third-order valence-electron chi connectivity index (χ3n) is 2.62. The Labute approximate surface area is 91.7 Å². The first kappa shape index (κ1) is 10.6. The number of carboxylic acids is 1. The van der Waals surface area contributed by atoms with Crippen LogP contribution >= 0.6 is 0 Å². The van der Waals surface area contributed by atoms with Gasteiger partial charge in [-0.1, -0.05) is 12.1 Å². The van der Waals surface area contributed by atoms with Crippen molar-refractivity contribution in [3.05, 3.63) is 11.9 Å². The van der Waals surface area contributed by atoms with E-state index in [1.54, 1.807) is 4.90 Å². The molecule has 0 radical (unpaired) electrons. The van der Waals surface area contributed by atoms with Gasteiger partial charge in [0.2, 0.25) is 5.91 Å². The highest BCUT2D eigenvalue weighted by Crippen LogP contribution is 2.20. The molecule has 0 unspecified atom stereocenters. The zero-order chi connectivity index (χ0) is 11.7. The molecule has 0 bridgehead atoms. The second kappa shape index (κ2) is 3.92. The minimum atomic E-state index is -1.09. The van der Waals surface area contributed by atoms with Gasteiger partial charge in [0.15, 0.2) is 5.69 Å². The minimum Gasteiger partial charge on any atom is -0.476 e. The lowest BCUT2D eigenvalue weighted by atomic mass is 10.1. The zero-order valence-corrected chi connectivity index (χ0v) is 8.83. The van der Waals surface area contributed by atoms with Crippen molar-refractivity contribution in [3.8, 4) is 0 Å². The van der Waals surface area contributed by atoms with Gasteiger partial charge >= 0.3 is 5.97 Å².